The second-order valence-corrected chi connectivity index (χ2v) is 4.44. The van der Waals surface area contributed by atoms with Gasteiger partial charge in [0.25, 0.3) is 0 Å². The molecule has 0 saturated heterocycles. The first-order valence-electron chi connectivity index (χ1n) is 4.85. The first kappa shape index (κ1) is 10.4. The number of urea groups is 1. The second-order valence-electron chi connectivity index (χ2n) is 3.54. The molecule has 0 aliphatic heterocycles. The van der Waals surface area contributed by atoms with Crippen LogP contribution in [0.5, 0.6) is 0 Å². The van der Waals surface area contributed by atoms with Gasteiger partial charge in [0.2, 0.25) is 0 Å². The zero-order valence-corrected chi connectivity index (χ0v) is 8.89. The van der Waals surface area contributed by atoms with Crippen LogP contribution in [-0.4, -0.2) is 23.2 Å². The van der Waals surface area contributed by atoms with E-state index < -0.39 is 6.17 Å². The lowest BCUT2D eigenvalue weighted by Crippen LogP contribution is -2.36. The minimum absolute atomic E-state index is 0.0417. The Labute approximate surface area is 90.9 Å². The normalized spacial score (nSPS) is 25.1. The zero-order valence-electron chi connectivity index (χ0n) is 8.07. The molecule has 4 nitrogen and oxygen atoms in total. The van der Waals surface area contributed by atoms with Crippen molar-refractivity contribution in [2.24, 2.45) is 0 Å². The highest BCUT2D eigenvalue weighted by Crippen LogP contribution is 2.21. The maximum atomic E-state index is 12.8. The van der Waals surface area contributed by atoms with Gasteiger partial charge in [-0.3, -0.25) is 5.32 Å². The van der Waals surface area contributed by atoms with Gasteiger partial charge < -0.3 is 5.32 Å². The number of nitrogens with zero attached hydrogens (tertiary/aromatic N) is 1. The Morgan fingerprint density at radius 1 is 1.60 bits per heavy atom. The van der Waals surface area contributed by atoms with Crippen LogP contribution in [0.25, 0.3) is 0 Å². The van der Waals surface area contributed by atoms with Crippen LogP contribution in [0, 0.1) is 0 Å². The van der Waals surface area contributed by atoms with Crippen molar-refractivity contribution in [1.29, 1.82) is 0 Å². The van der Waals surface area contributed by atoms with Crippen LogP contribution >= 0.6 is 11.3 Å². The van der Waals surface area contributed by atoms with Crippen LogP contribution in [0.15, 0.2) is 11.6 Å². The van der Waals surface area contributed by atoms with Crippen molar-refractivity contribution in [3.8, 4) is 0 Å². The highest BCUT2D eigenvalue weighted by atomic mass is 32.1. The molecule has 0 aromatic carbocycles. The molecular formula is C9H12FN3OS. The molecule has 6 heteroatoms. The highest BCUT2D eigenvalue weighted by Gasteiger charge is 2.25. The van der Waals surface area contributed by atoms with E-state index in [4.69, 9.17) is 0 Å². The van der Waals surface area contributed by atoms with E-state index in [1.807, 2.05) is 0 Å². The lowest BCUT2D eigenvalue weighted by atomic mass is 10.2. The predicted octanol–water partition coefficient (Wildman–Crippen LogP) is 2.16. The summed E-state index contributed by atoms with van der Waals surface area (Å²) in [5.74, 6) is 0. The van der Waals surface area contributed by atoms with E-state index >= 15 is 0 Å². The summed E-state index contributed by atoms with van der Waals surface area (Å²) in [4.78, 5) is 15.3. The van der Waals surface area contributed by atoms with Gasteiger partial charge in [-0.1, -0.05) is 0 Å². The fourth-order valence-electron chi connectivity index (χ4n) is 1.66. The topological polar surface area (TPSA) is 54.0 Å². The lowest BCUT2D eigenvalue weighted by molar-refractivity contribution is 0.247. The van der Waals surface area contributed by atoms with E-state index in [-0.39, 0.29) is 12.1 Å². The summed E-state index contributed by atoms with van der Waals surface area (Å²) >= 11 is 1.35. The molecule has 2 N–H and O–H groups in total. The van der Waals surface area contributed by atoms with E-state index in [1.165, 1.54) is 11.3 Å². The van der Waals surface area contributed by atoms with Gasteiger partial charge in [-0.25, -0.2) is 14.2 Å². The molecule has 1 fully saturated rings. The first-order chi connectivity index (χ1) is 7.24. The monoisotopic (exact) mass is 229 g/mol. The number of rotatable bonds is 2. The first-order valence-corrected chi connectivity index (χ1v) is 5.73. The Kier molecular flexibility index (Phi) is 3.15. The maximum Gasteiger partial charge on any atom is 0.321 e. The van der Waals surface area contributed by atoms with Crippen LogP contribution in [0.2, 0.25) is 0 Å². The largest absolute Gasteiger partial charge is 0.335 e. The standard InChI is InChI=1S/C9H12FN3OS/c10-6-1-2-7(5-6)12-8(14)13-9-11-3-4-15-9/h3-4,6-7H,1-2,5H2,(H2,11,12,13,14)/t6-,7+/m0/s1. The zero-order chi connectivity index (χ0) is 10.7. The Hall–Kier alpha value is -1.17. The number of nitrogens with one attached hydrogen (secondary N) is 2. The van der Waals surface area contributed by atoms with E-state index in [2.05, 4.69) is 15.6 Å². The second kappa shape index (κ2) is 4.57. The lowest BCUT2D eigenvalue weighted by Gasteiger charge is -2.11. The number of aromatic nitrogens is 1. The van der Waals surface area contributed by atoms with E-state index in [1.54, 1.807) is 11.6 Å². The molecule has 2 amide bonds. The molecule has 15 heavy (non-hydrogen) atoms. The van der Waals surface area contributed by atoms with Crippen LogP contribution in [-0.2, 0) is 0 Å². The molecule has 82 valence electrons. The van der Waals surface area contributed by atoms with Gasteiger partial charge in [0.15, 0.2) is 5.13 Å². The molecule has 0 spiro atoms. The molecular weight excluding hydrogens is 217 g/mol. The molecule has 0 unspecified atom stereocenters. The van der Waals surface area contributed by atoms with Gasteiger partial charge in [0, 0.05) is 17.6 Å². The summed E-state index contributed by atoms with van der Waals surface area (Å²) in [6, 6.07) is -0.344. The number of anilines is 1. The number of hydrogen-bond donors (Lipinski definition) is 2. The molecule has 1 heterocycles. The van der Waals surface area contributed by atoms with E-state index in [0.717, 1.165) is 0 Å². The number of amides is 2. The van der Waals surface area contributed by atoms with Gasteiger partial charge in [0.05, 0.1) is 0 Å². The molecule has 1 aliphatic carbocycles. The van der Waals surface area contributed by atoms with Crippen molar-refractivity contribution < 1.29 is 9.18 Å². The van der Waals surface area contributed by atoms with Crippen LogP contribution in [0.4, 0.5) is 14.3 Å². The molecule has 1 aromatic rings. The summed E-state index contributed by atoms with van der Waals surface area (Å²) in [5.41, 5.74) is 0. The third kappa shape index (κ3) is 2.89. The Morgan fingerprint density at radius 3 is 3.07 bits per heavy atom. The van der Waals surface area contributed by atoms with E-state index in [9.17, 15) is 9.18 Å². The molecule has 0 bridgehead atoms. The quantitative estimate of drug-likeness (QED) is 0.816. The van der Waals surface area contributed by atoms with Crippen LogP contribution < -0.4 is 10.6 Å². The average molecular weight is 229 g/mol. The number of halogens is 1. The third-order valence-electron chi connectivity index (χ3n) is 2.36. The van der Waals surface area contributed by atoms with E-state index in [0.29, 0.717) is 24.4 Å². The number of alkyl halides is 1. The minimum Gasteiger partial charge on any atom is -0.335 e. The van der Waals surface area contributed by atoms with Crippen molar-refractivity contribution in [3.63, 3.8) is 0 Å². The average Bonchev–Trinajstić information content (AvgIpc) is 2.77. The maximum absolute atomic E-state index is 12.8. The predicted molar refractivity (Wildman–Crippen MR) is 56.8 cm³/mol. The number of carbonyl (C=O) groups is 1. The molecule has 1 aromatic heterocycles. The summed E-state index contributed by atoms with van der Waals surface area (Å²) in [5, 5.41) is 7.66. The molecule has 1 saturated carbocycles. The van der Waals surface area contributed by atoms with Gasteiger partial charge in [-0.15, -0.1) is 11.3 Å². The third-order valence-corrected chi connectivity index (χ3v) is 3.05. The smallest absolute Gasteiger partial charge is 0.321 e. The van der Waals surface area contributed by atoms with Crippen molar-refractivity contribution in [2.45, 2.75) is 31.5 Å². The van der Waals surface area contributed by atoms with Crippen LogP contribution in [0.1, 0.15) is 19.3 Å². The Morgan fingerprint density at radius 2 is 2.47 bits per heavy atom. The molecule has 2 rings (SSSR count). The molecule has 1 aliphatic rings. The van der Waals surface area contributed by atoms with Gasteiger partial charge >= 0.3 is 6.03 Å². The van der Waals surface area contributed by atoms with Gasteiger partial charge in [-0.2, -0.15) is 0 Å². The van der Waals surface area contributed by atoms with Crippen LogP contribution in [0.3, 0.4) is 0 Å². The number of thiazole rings is 1. The summed E-state index contributed by atoms with van der Waals surface area (Å²) in [6.45, 7) is 0. The fraction of sp³-hybridized carbons (Fsp3) is 0.556. The van der Waals surface area contributed by atoms with Gasteiger partial charge in [-0.05, 0) is 19.3 Å². The van der Waals surface area contributed by atoms with Crippen molar-refractivity contribution in [1.82, 2.24) is 10.3 Å². The Balaban J connectivity index is 1.78. The number of carbonyl (C=O) groups excluding carboxylic acids is 1. The molecule has 0 radical (unpaired) electrons. The van der Waals surface area contributed by atoms with Gasteiger partial charge in [0.1, 0.15) is 6.17 Å². The minimum atomic E-state index is -0.768. The fourth-order valence-corrected chi connectivity index (χ4v) is 2.19. The highest BCUT2D eigenvalue weighted by molar-refractivity contribution is 7.13. The van der Waals surface area contributed by atoms with Crippen molar-refractivity contribution in [2.75, 3.05) is 5.32 Å². The summed E-state index contributed by atoms with van der Waals surface area (Å²) < 4.78 is 12.8. The SMILES string of the molecule is O=C(Nc1nccs1)N[C@@H]1CC[C@H](F)C1. The Bertz CT molecular complexity index is 330. The molecule has 2 atom stereocenters. The summed E-state index contributed by atoms with van der Waals surface area (Å²) in [7, 11) is 0. The number of hydrogen-bond acceptors (Lipinski definition) is 3. The van der Waals surface area contributed by atoms with Crippen molar-refractivity contribution in [3.05, 3.63) is 11.6 Å². The summed E-state index contributed by atoms with van der Waals surface area (Å²) in [6.07, 6.45) is 2.53. The van der Waals surface area contributed by atoms with Crippen molar-refractivity contribution >= 4 is 22.5 Å².